The zero-order valence-electron chi connectivity index (χ0n) is 21.2. The van der Waals surface area contributed by atoms with Gasteiger partial charge in [-0.15, -0.1) is 0 Å². The minimum Gasteiger partial charge on any atom is -0.550 e. The largest absolute Gasteiger partial charge is 3.00 e. The Morgan fingerprint density at radius 3 is 0.812 bits per heavy atom. The SMILES string of the molecule is CCCCC(CC)C(=O)[O-].CCCCC(CC)C(=O)[O-].CCCCC(CC)C(=O)[O-].[Nd+3].[Nd]. The van der Waals surface area contributed by atoms with Crippen LogP contribution in [0.2, 0.25) is 0 Å². The maximum atomic E-state index is 10.3. The standard InChI is InChI=1S/3C8H16O2.2Nd/c3*1-3-5-6-7(4-2)8(9)10;;/h3*7H,3-6H2,1-2H3,(H,9,10);;/q;;;;+3/p-3. The molecular weight excluding hydrogens is 673 g/mol. The van der Waals surface area contributed by atoms with Crippen LogP contribution in [-0.2, 0) is 14.4 Å². The molecule has 185 valence electrons. The van der Waals surface area contributed by atoms with Crippen LogP contribution in [0.3, 0.4) is 0 Å². The van der Waals surface area contributed by atoms with Gasteiger partial charge in [-0.05, 0) is 56.3 Å². The molecule has 0 aromatic heterocycles. The summed E-state index contributed by atoms with van der Waals surface area (Å²) in [5.74, 6) is -3.34. The van der Waals surface area contributed by atoms with Crippen molar-refractivity contribution >= 4 is 17.9 Å². The van der Waals surface area contributed by atoms with Crippen molar-refractivity contribution in [2.45, 2.75) is 119 Å². The van der Waals surface area contributed by atoms with E-state index in [9.17, 15) is 29.7 Å². The van der Waals surface area contributed by atoms with Gasteiger partial charge in [0.15, 0.2) is 0 Å². The summed E-state index contributed by atoms with van der Waals surface area (Å²) in [7, 11) is 0. The molecule has 32 heavy (non-hydrogen) atoms. The van der Waals surface area contributed by atoms with E-state index in [4.69, 9.17) is 0 Å². The minimum absolute atomic E-state index is 0. The van der Waals surface area contributed by atoms with Crippen molar-refractivity contribution in [2.75, 3.05) is 0 Å². The van der Waals surface area contributed by atoms with Crippen molar-refractivity contribution in [1.29, 1.82) is 0 Å². The first-order valence-corrected chi connectivity index (χ1v) is 11.8. The van der Waals surface area contributed by atoms with E-state index in [1.54, 1.807) is 0 Å². The first-order valence-electron chi connectivity index (χ1n) is 11.8. The molecule has 0 aromatic rings. The smallest absolute Gasteiger partial charge is 0.550 e. The quantitative estimate of drug-likeness (QED) is 0.257. The predicted molar refractivity (Wildman–Crippen MR) is 115 cm³/mol. The van der Waals surface area contributed by atoms with Gasteiger partial charge in [0.2, 0.25) is 0 Å². The number of carbonyl (C=O) groups is 3. The van der Waals surface area contributed by atoms with Gasteiger partial charge < -0.3 is 29.7 Å². The van der Waals surface area contributed by atoms with E-state index in [1.165, 1.54) is 0 Å². The summed E-state index contributed by atoms with van der Waals surface area (Å²) in [4.78, 5) is 31.0. The third-order valence-electron chi connectivity index (χ3n) is 5.20. The van der Waals surface area contributed by atoms with Crippen LogP contribution in [0.1, 0.15) is 119 Å². The molecule has 0 bridgehead atoms. The fourth-order valence-corrected chi connectivity index (χ4v) is 2.82. The molecule has 0 saturated heterocycles. The average Bonchev–Trinajstić information content (AvgIpc) is 2.70. The first-order chi connectivity index (χ1) is 14.2. The zero-order chi connectivity index (χ0) is 23.9. The summed E-state index contributed by atoms with van der Waals surface area (Å²) < 4.78 is 0. The number of unbranched alkanes of at least 4 members (excludes halogenated alkanes) is 3. The molecule has 3 atom stereocenters. The van der Waals surface area contributed by atoms with Gasteiger partial charge in [-0.25, -0.2) is 0 Å². The molecule has 6 nitrogen and oxygen atoms in total. The number of carboxylic acid groups (broad SMARTS) is 3. The van der Waals surface area contributed by atoms with Crippen LogP contribution in [-0.4, -0.2) is 17.9 Å². The van der Waals surface area contributed by atoms with Crippen LogP contribution in [0.15, 0.2) is 0 Å². The van der Waals surface area contributed by atoms with E-state index in [1.807, 2.05) is 20.8 Å². The number of aliphatic carboxylic acids is 3. The number of carboxylic acids is 3. The van der Waals surface area contributed by atoms with E-state index in [-0.39, 0.29) is 99.4 Å². The van der Waals surface area contributed by atoms with Gasteiger partial charge in [0, 0.05) is 58.7 Å². The maximum absolute atomic E-state index is 10.3. The van der Waals surface area contributed by atoms with Gasteiger partial charge in [-0.2, -0.15) is 0 Å². The molecule has 0 heterocycles. The maximum Gasteiger partial charge on any atom is 3.00 e. The normalized spacial score (nSPS) is 12.2. The number of rotatable bonds is 15. The molecule has 0 saturated carbocycles. The monoisotopic (exact) mass is 713 g/mol. The summed E-state index contributed by atoms with van der Waals surface area (Å²) in [6, 6.07) is 0. The topological polar surface area (TPSA) is 120 Å². The van der Waals surface area contributed by atoms with Crippen LogP contribution in [0.4, 0.5) is 0 Å². The minimum atomic E-state index is -0.893. The summed E-state index contributed by atoms with van der Waals surface area (Å²) in [5, 5.41) is 31.0. The molecule has 0 aliphatic heterocycles. The van der Waals surface area contributed by atoms with E-state index < -0.39 is 17.9 Å². The van der Waals surface area contributed by atoms with Crippen molar-refractivity contribution < 1.29 is 111 Å². The molecular formula is C24H45Nd2O6. The Hall–Kier alpha value is 1.11. The van der Waals surface area contributed by atoms with E-state index in [0.717, 1.165) is 57.8 Å². The van der Waals surface area contributed by atoms with Crippen LogP contribution >= 0.6 is 0 Å². The Morgan fingerprint density at radius 2 is 0.719 bits per heavy atom. The third-order valence-corrected chi connectivity index (χ3v) is 5.20. The van der Waals surface area contributed by atoms with Gasteiger partial charge in [0.25, 0.3) is 0 Å². The Kier molecular flexibility index (Phi) is 43.4. The molecule has 0 fully saturated rings. The fourth-order valence-electron chi connectivity index (χ4n) is 2.82. The Bertz CT molecular complexity index is 371. The van der Waals surface area contributed by atoms with Crippen LogP contribution in [0.25, 0.3) is 0 Å². The van der Waals surface area contributed by atoms with E-state index >= 15 is 0 Å². The van der Waals surface area contributed by atoms with Gasteiger partial charge in [-0.1, -0.05) is 80.1 Å². The van der Waals surface area contributed by atoms with E-state index in [2.05, 4.69) is 20.8 Å². The molecule has 8 heteroatoms. The number of carbonyl (C=O) groups excluding carboxylic acids is 3. The summed E-state index contributed by atoms with van der Waals surface area (Å²) in [6.07, 6.45) is 10.6. The molecule has 0 aliphatic rings. The molecule has 0 aromatic carbocycles. The Labute approximate surface area is 262 Å². The third kappa shape index (κ3) is 29.1. The van der Waals surface area contributed by atoms with Crippen LogP contribution in [0, 0.1) is 99.4 Å². The Balaban J connectivity index is -0.000000110. The van der Waals surface area contributed by atoms with Gasteiger partial charge in [0.05, 0.1) is 0 Å². The summed E-state index contributed by atoms with van der Waals surface area (Å²) >= 11 is 0. The molecule has 3 unspecified atom stereocenters. The number of hydrogen-bond donors (Lipinski definition) is 0. The fraction of sp³-hybridized carbons (Fsp3) is 0.875. The van der Waals surface area contributed by atoms with Gasteiger partial charge in [-0.3, -0.25) is 0 Å². The molecule has 0 aliphatic carbocycles. The second-order valence-electron chi connectivity index (χ2n) is 7.70. The second kappa shape index (κ2) is 32.1. The number of hydrogen-bond acceptors (Lipinski definition) is 6. The summed E-state index contributed by atoms with van der Waals surface area (Å²) in [6.45, 7) is 11.8. The molecule has 0 spiro atoms. The van der Waals surface area contributed by atoms with Crippen LogP contribution in [0.5, 0.6) is 0 Å². The average molecular weight is 718 g/mol. The summed E-state index contributed by atoms with van der Waals surface area (Å²) in [5.41, 5.74) is 0. The second-order valence-corrected chi connectivity index (χ2v) is 7.70. The van der Waals surface area contributed by atoms with Gasteiger partial charge in [0.1, 0.15) is 0 Å². The molecule has 0 amide bonds. The predicted octanol–water partition coefficient (Wildman–Crippen LogP) is 2.86. The van der Waals surface area contributed by atoms with Crippen molar-refractivity contribution in [1.82, 2.24) is 0 Å². The zero-order valence-corrected chi connectivity index (χ0v) is 27.6. The van der Waals surface area contributed by atoms with Gasteiger partial charge >= 0.3 is 40.8 Å². The molecule has 1 radical (unpaired) electrons. The van der Waals surface area contributed by atoms with E-state index in [0.29, 0.717) is 19.3 Å². The van der Waals surface area contributed by atoms with Crippen LogP contribution < -0.4 is 15.3 Å². The van der Waals surface area contributed by atoms with Crippen molar-refractivity contribution in [3.8, 4) is 0 Å². The van der Waals surface area contributed by atoms with Crippen molar-refractivity contribution in [3.63, 3.8) is 0 Å². The van der Waals surface area contributed by atoms with Crippen molar-refractivity contribution in [2.24, 2.45) is 17.8 Å². The Morgan fingerprint density at radius 1 is 0.531 bits per heavy atom. The van der Waals surface area contributed by atoms with Crippen molar-refractivity contribution in [3.05, 3.63) is 0 Å². The molecule has 0 rings (SSSR count). The molecule has 0 N–H and O–H groups in total. The first kappa shape index (κ1) is 43.2.